The van der Waals surface area contributed by atoms with E-state index < -0.39 is 10.0 Å². The minimum absolute atomic E-state index is 0.231. The quantitative estimate of drug-likeness (QED) is 0.760. The summed E-state index contributed by atoms with van der Waals surface area (Å²) in [5.74, 6) is 0. The number of hydrogen-bond donors (Lipinski definition) is 2. The Hall–Kier alpha value is -0.470. The van der Waals surface area contributed by atoms with Crippen LogP contribution in [-0.2, 0) is 21.3 Å². The maximum Gasteiger partial charge on any atom is 0.250 e. The molecule has 1 aromatic heterocycles. The Morgan fingerprint density at radius 1 is 1.47 bits per heavy atom. The first-order valence-corrected chi connectivity index (χ1v) is 8.64. The van der Waals surface area contributed by atoms with Crippen molar-refractivity contribution >= 4 is 21.4 Å². The molecule has 1 aliphatic carbocycles. The van der Waals surface area contributed by atoms with Crippen LogP contribution < -0.4 is 10.0 Å². The molecule has 19 heavy (non-hydrogen) atoms. The molecule has 0 bridgehead atoms. The Balaban J connectivity index is 1.95. The minimum atomic E-state index is -3.42. The van der Waals surface area contributed by atoms with Gasteiger partial charge in [0.25, 0.3) is 0 Å². The highest BCUT2D eigenvalue weighted by Crippen LogP contribution is 2.24. The van der Waals surface area contributed by atoms with Gasteiger partial charge in [0.1, 0.15) is 4.21 Å². The van der Waals surface area contributed by atoms with E-state index in [2.05, 4.69) is 10.0 Å². The van der Waals surface area contributed by atoms with Crippen molar-refractivity contribution in [3.63, 3.8) is 0 Å². The van der Waals surface area contributed by atoms with Crippen LogP contribution in [0.15, 0.2) is 16.3 Å². The van der Waals surface area contributed by atoms with Crippen LogP contribution in [-0.4, -0.2) is 34.2 Å². The van der Waals surface area contributed by atoms with Gasteiger partial charge in [0.2, 0.25) is 10.0 Å². The van der Waals surface area contributed by atoms with Gasteiger partial charge < -0.3 is 10.1 Å². The summed E-state index contributed by atoms with van der Waals surface area (Å²) in [5, 5.41) is 3.37. The van der Waals surface area contributed by atoms with E-state index in [4.69, 9.17) is 4.74 Å². The van der Waals surface area contributed by atoms with E-state index in [1.54, 1.807) is 20.1 Å². The number of thiophene rings is 1. The van der Waals surface area contributed by atoms with Crippen molar-refractivity contribution in [1.82, 2.24) is 10.0 Å². The second kappa shape index (κ2) is 6.32. The predicted molar refractivity (Wildman–Crippen MR) is 75.8 cm³/mol. The topological polar surface area (TPSA) is 67.4 Å². The van der Waals surface area contributed by atoms with E-state index in [1.807, 2.05) is 6.07 Å². The van der Waals surface area contributed by atoms with Crippen LogP contribution in [0.3, 0.4) is 0 Å². The zero-order valence-electron chi connectivity index (χ0n) is 11.2. The lowest BCUT2D eigenvalue weighted by atomic mass is 10.4. The molecule has 108 valence electrons. The molecule has 1 fully saturated rings. The molecule has 2 rings (SSSR count). The van der Waals surface area contributed by atoms with Crippen LogP contribution in [0.4, 0.5) is 0 Å². The summed E-state index contributed by atoms with van der Waals surface area (Å²) in [7, 11) is -1.87. The third-order valence-electron chi connectivity index (χ3n) is 2.82. The van der Waals surface area contributed by atoms with E-state index in [-0.39, 0.29) is 6.04 Å². The molecule has 0 saturated heterocycles. The highest BCUT2D eigenvalue weighted by molar-refractivity contribution is 7.91. The van der Waals surface area contributed by atoms with Gasteiger partial charge in [-0.1, -0.05) is 0 Å². The third kappa shape index (κ3) is 4.54. The SMILES string of the molecule is COCC(C)NS(=O)(=O)c1ccc(CNC2CC2)s1. The highest BCUT2D eigenvalue weighted by atomic mass is 32.2. The van der Waals surface area contributed by atoms with Crippen molar-refractivity contribution in [1.29, 1.82) is 0 Å². The first-order chi connectivity index (χ1) is 9.01. The summed E-state index contributed by atoms with van der Waals surface area (Å²) in [4.78, 5) is 1.05. The molecule has 2 N–H and O–H groups in total. The third-order valence-corrected chi connectivity index (χ3v) is 5.98. The average molecular weight is 304 g/mol. The van der Waals surface area contributed by atoms with Crippen molar-refractivity contribution < 1.29 is 13.2 Å². The lowest BCUT2D eigenvalue weighted by Crippen LogP contribution is -2.35. The van der Waals surface area contributed by atoms with Crippen LogP contribution in [0.2, 0.25) is 0 Å². The van der Waals surface area contributed by atoms with Crippen LogP contribution in [0.1, 0.15) is 24.6 Å². The fraction of sp³-hybridized carbons (Fsp3) is 0.667. The van der Waals surface area contributed by atoms with Gasteiger partial charge in [-0.25, -0.2) is 13.1 Å². The van der Waals surface area contributed by atoms with Crippen molar-refractivity contribution in [3.8, 4) is 0 Å². The summed E-state index contributed by atoms with van der Waals surface area (Å²) in [6, 6.07) is 3.93. The van der Waals surface area contributed by atoms with Gasteiger partial charge in [0, 0.05) is 30.6 Å². The lowest BCUT2D eigenvalue weighted by Gasteiger charge is -2.11. The van der Waals surface area contributed by atoms with Gasteiger partial charge in [-0.3, -0.25) is 0 Å². The molecular formula is C12H20N2O3S2. The minimum Gasteiger partial charge on any atom is -0.383 e. The maximum absolute atomic E-state index is 12.1. The number of sulfonamides is 1. The second-order valence-electron chi connectivity index (χ2n) is 4.85. The summed E-state index contributed by atoms with van der Waals surface area (Å²) in [5.41, 5.74) is 0. The molecule has 1 atom stereocenters. The molecule has 1 heterocycles. The van der Waals surface area contributed by atoms with Crippen molar-refractivity contribution in [3.05, 3.63) is 17.0 Å². The van der Waals surface area contributed by atoms with Gasteiger partial charge >= 0.3 is 0 Å². The van der Waals surface area contributed by atoms with Gasteiger partial charge in [-0.05, 0) is 31.9 Å². The molecule has 0 radical (unpaired) electrons. The van der Waals surface area contributed by atoms with Crippen molar-refractivity contribution in [2.24, 2.45) is 0 Å². The average Bonchev–Trinajstić information content (AvgIpc) is 3.02. The van der Waals surface area contributed by atoms with Crippen LogP contribution >= 0.6 is 11.3 Å². The highest BCUT2D eigenvalue weighted by Gasteiger charge is 2.22. The molecule has 1 unspecified atom stereocenters. The number of methoxy groups -OCH3 is 1. The molecule has 1 aliphatic rings. The molecule has 0 spiro atoms. The summed E-state index contributed by atoms with van der Waals surface area (Å²) in [6.45, 7) is 2.89. The Labute approximate surface area is 118 Å². The normalized spacial score (nSPS) is 17.6. The summed E-state index contributed by atoms with van der Waals surface area (Å²) in [6.07, 6.45) is 2.46. The molecule has 1 aromatic rings. The fourth-order valence-electron chi connectivity index (χ4n) is 1.74. The van der Waals surface area contributed by atoms with Crippen LogP contribution in [0, 0.1) is 0 Å². The van der Waals surface area contributed by atoms with Crippen molar-refractivity contribution in [2.75, 3.05) is 13.7 Å². The fourth-order valence-corrected chi connectivity index (χ4v) is 4.29. The van der Waals surface area contributed by atoms with Crippen molar-refractivity contribution in [2.45, 2.75) is 42.6 Å². The van der Waals surface area contributed by atoms with E-state index >= 15 is 0 Å². The van der Waals surface area contributed by atoms with Gasteiger partial charge in [-0.2, -0.15) is 0 Å². The molecule has 1 saturated carbocycles. The Morgan fingerprint density at radius 3 is 2.84 bits per heavy atom. The Bertz CT molecular complexity index is 509. The van der Waals surface area contributed by atoms with E-state index in [0.717, 1.165) is 11.4 Å². The zero-order valence-corrected chi connectivity index (χ0v) is 12.8. The number of hydrogen-bond acceptors (Lipinski definition) is 5. The van der Waals surface area contributed by atoms with Crippen LogP contribution in [0.5, 0.6) is 0 Å². The smallest absolute Gasteiger partial charge is 0.250 e. The van der Waals surface area contributed by atoms with Gasteiger partial charge in [0.15, 0.2) is 0 Å². The standard InChI is InChI=1S/C12H20N2O3S2/c1-9(8-17-2)14-19(15,16)12-6-5-11(18-12)7-13-10-3-4-10/h5-6,9-10,13-14H,3-4,7-8H2,1-2H3. The summed E-state index contributed by atoms with van der Waals surface area (Å²) < 4.78 is 32.1. The molecule has 7 heteroatoms. The molecule has 0 amide bonds. The first-order valence-electron chi connectivity index (χ1n) is 6.34. The van der Waals surface area contributed by atoms with E-state index in [1.165, 1.54) is 24.2 Å². The predicted octanol–water partition coefficient (Wildman–Crippen LogP) is 1.31. The molecule has 0 aliphatic heterocycles. The number of nitrogens with one attached hydrogen (secondary N) is 2. The molecule has 0 aromatic carbocycles. The van der Waals surface area contributed by atoms with Gasteiger partial charge in [0.05, 0.1) is 6.61 Å². The monoisotopic (exact) mass is 304 g/mol. The Morgan fingerprint density at radius 2 is 2.21 bits per heavy atom. The van der Waals surface area contributed by atoms with E-state index in [9.17, 15) is 8.42 Å². The second-order valence-corrected chi connectivity index (χ2v) is 7.96. The molecule has 5 nitrogen and oxygen atoms in total. The number of rotatable bonds is 8. The van der Waals surface area contributed by atoms with E-state index in [0.29, 0.717) is 16.9 Å². The zero-order chi connectivity index (χ0) is 13.9. The lowest BCUT2D eigenvalue weighted by molar-refractivity contribution is 0.180. The van der Waals surface area contributed by atoms with Crippen LogP contribution in [0.25, 0.3) is 0 Å². The van der Waals surface area contributed by atoms with Gasteiger partial charge in [-0.15, -0.1) is 11.3 Å². The molecular weight excluding hydrogens is 284 g/mol. The number of ether oxygens (including phenoxy) is 1. The maximum atomic E-state index is 12.1. The summed E-state index contributed by atoms with van der Waals surface area (Å²) >= 11 is 1.32. The largest absolute Gasteiger partial charge is 0.383 e. The first kappa shape index (κ1) is 14.9. The Kier molecular flexibility index (Phi) is 4.97.